The lowest BCUT2D eigenvalue weighted by Gasteiger charge is -2.13. The molecule has 0 saturated carbocycles. The van der Waals surface area contributed by atoms with Crippen LogP contribution < -0.4 is 5.32 Å². The van der Waals surface area contributed by atoms with Crippen LogP contribution in [-0.4, -0.2) is 22.1 Å². The van der Waals surface area contributed by atoms with Crippen LogP contribution in [0.15, 0.2) is 6.20 Å². The van der Waals surface area contributed by atoms with Gasteiger partial charge in [-0.05, 0) is 20.3 Å². The minimum atomic E-state index is -0.0285. The van der Waals surface area contributed by atoms with Gasteiger partial charge >= 0.3 is 0 Å². The average Bonchev–Trinajstić information content (AvgIpc) is 2.71. The second-order valence-electron chi connectivity index (χ2n) is 4.63. The third-order valence-electron chi connectivity index (χ3n) is 2.94. The molecule has 0 spiro atoms. The molecule has 1 unspecified atom stereocenters. The van der Waals surface area contributed by atoms with Crippen molar-refractivity contribution >= 4 is 5.91 Å². The Morgan fingerprint density at radius 1 is 1.47 bits per heavy atom. The molecule has 0 aliphatic rings. The Labute approximate surface area is 103 Å². The number of H-pyrrole nitrogens is 1. The molecular formula is C13H23N3O. The molecule has 0 radical (unpaired) electrons. The van der Waals surface area contributed by atoms with Crippen LogP contribution in [0.5, 0.6) is 0 Å². The summed E-state index contributed by atoms with van der Waals surface area (Å²) in [6.07, 6.45) is 7.58. The first-order valence-electron chi connectivity index (χ1n) is 6.46. The van der Waals surface area contributed by atoms with E-state index < -0.39 is 0 Å². The van der Waals surface area contributed by atoms with Crippen molar-refractivity contribution in [3.63, 3.8) is 0 Å². The van der Waals surface area contributed by atoms with Crippen LogP contribution in [0.1, 0.15) is 62.0 Å². The van der Waals surface area contributed by atoms with Crippen molar-refractivity contribution in [1.82, 2.24) is 15.5 Å². The first kappa shape index (κ1) is 13.7. The Morgan fingerprint density at radius 3 is 2.82 bits per heavy atom. The third kappa shape index (κ3) is 4.59. The summed E-state index contributed by atoms with van der Waals surface area (Å²) in [5, 5.41) is 9.62. The number of carbonyl (C=O) groups is 1. The van der Waals surface area contributed by atoms with Gasteiger partial charge in [0.2, 0.25) is 0 Å². The molecule has 1 amide bonds. The zero-order valence-electron chi connectivity index (χ0n) is 11.0. The molecule has 96 valence electrons. The summed E-state index contributed by atoms with van der Waals surface area (Å²) in [6, 6.07) is 0.230. The van der Waals surface area contributed by atoms with Crippen molar-refractivity contribution in [2.24, 2.45) is 0 Å². The molecule has 0 aliphatic carbocycles. The zero-order chi connectivity index (χ0) is 12.7. The molecule has 4 heteroatoms. The van der Waals surface area contributed by atoms with Gasteiger partial charge in [-0.3, -0.25) is 9.89 Å². The van der Waals surface area contributed by atoms with E-state index in [1.54, 1.807) is 6.20 Å². The Morgan fingerprint density at radius 2 is 2.24 bits per heavy atom. The van der Waals surface area contributed by atoms with Gasteiger partial charge in [0, 0.05) is 11.7 Å². The first-order chi connectivity index (χ1) is 8.15. The number of hydrogen-bond acceptors (Lipinski definition) is 2. The minimum Gasteiger partial charge on any atom is -0.349 e. The number of amides is 1. The van der Waals surface area contributed by atoms with Gasteiger partial charge in [0.25, 0.3) is 5.91 Å². The summed E-state index contributed by atoms with van der Waals surface area (Å²) in [6.45, 7) is 6.11. The smallest absolute Gasteiger partial charge is 0.254 e. The van der Waals surface area contributed by atoms with Crippen LogP contribution in [-0.2, 0) is 0 Å². The van der Waals surface area contributed by atoms with E-state index in [9.17, 15) is 4.79 Å². The fourth-order valence-corrected chi connectivity index (χ4v) is 1.83. The van der Waals surface area contributed by atoms with Gasteiger partial charge in [0.05, 0.1) is 11.8 Å². The molecule has 2 N–H and O–H groups in total. The number of rotatable bonds is 7. The first-order valence-corrected chi connectivity index (χ1v) is 6.46. The summed E-state index contributed by atoms with van der Waals surface area (Å²) < 4.78 is 0. The van der Waals surface area contributed by atoms with Crippen LogP contribution >= 0.6 is 0 Å². The molecule has 1 atom stereocenters. The minimum absolute atomic E-state index is 0.0285. The van der Waals surface area contributed by atoms with Gasteiger partial charge in [-0.25, -0.2) is 0 Å². The highest BCUT2D eigenvalue weighted by atomic mass is 16.1. The molecule has 0 saturated heterocycles. The van der Waals surface area contributed by atoms with Crippen molar-refractivity contribution in [3.8, 4) is 0 Å². The quantitative estimate of drug-likeness (QED) is 0.716. The van der Waals surface area contributed by atoms with Crippen molar-refractivity contribution in [1.29, 1.82) is 0 Å². The van der Waals surface area contributed by atoms with E-state index in [0.29, 0.717) is 5.56 Å². The zero-order valence-corrected chi connectivity index (χ0v) is 11.0. The summed E-state index contributed by atoms with van der Waals surface area (Å²) in [5.74, 6) is -0.0285. The van der Waals surface area contributed by atoms with Crippen molar-refractivity contribution in [2.75, 3.05) is 0 Å². The van der Waals surface area contributed by atoms with Gasteiger partial charge in [-0.15, -0.1) is 0 Å². The number of aryl methyl sites for hydroxylation is 1. The highest BCUT2D eigenvalue weighted by Gasteiger charge is 2.12. The summed E-state index contributed by atoms with van der Waals surface area (Å²) in [7, 11) is 0. The van der Waals surface area contributed by atoms with Crippen LogP contribution in [0.4, 0.5) is 0 Å². The monoisotopic (exact) mass is 237 g/mol. The SMILES string of the molecule is CCCCCCC(C)NC(=O)c1cn[nH]c1C. The number of aromatic amines is 1. The molecule has 0 bridgehead atoms. The summed E-state index contributed by atoms with van der Waals surface area (Å²) in [4.78, 5) is 11.9. The van der Waals surface area contributed by atoms with E-state index in [1.807, 2.05) is 6.92 Å². The molecule has 0 fully saturated rings. The summed E-state index contributed by atoms with van der Waals surface area (Å²) in [5.41, 5.74) is 1.46. The van der Waals surface area contributed by atoms with Gasteiger partial charge < -0.3 is 5.32 Å². The maximum Gasteiger partial charge on any atom is 0.254 e. The van der Waals surface area contributed by atoms with Crippen molar-refractivity contribution < 1.29 is 4.79 Å². The van der Waals surface area contributed by atoms with E-state index in [2.05, 4.69) is 29.4 Å². The van der Waals surface area contributed by atoms with Crippen molar-refractivity contribution in [2.45, 2.75) is 58.9 Å². The topological polar surface area (TPSA) is 57.8 Å². The molecule has 17 heavy (non-hydrogen) atoms. The fraction of sp³-hybridized carbons (Fsp3) is 0.692. The van der Waals surface area contributed by atoms with Gasteiger partial charge in [0.15, 0.2) is 0 Å². The number of unbranched alkanes of at least 4 members (excludes halogenated alkanes) is 3. The van der Waals surface area contributed by atoms with E-state index >= 15 is 0 Å². The maximum absolute atomic E-state index is 11.9. The van der Waals surface area contributed by atoms with Crippen LogP contribution in [0.25, 0.3) is 0 Å². The number of aromatic nitrogens is 2. The Balaban J connectivity index is 2.29. The average molecular weight is 237 g/mol. The molecular weight excluding hydrogens is 214 g/mol. The molecule has 1 heterocycles. The number of nitrogens with one attached hydrogen (secondary N) is 2. The maximum atomic E-state index is 11.9. The Kier molecular flexibility index (Phi) is 5.73. The molecule has 1 aromatic rings. The normalized spacial score (nSPS) is 12.4. The van der Waals surface area contributed by atoms with E-state index in [0.717, 1.165) is 12.1 Å². The van der Waals surface area contributed by atoms with Crippen molar-refractivity contribution in [3.05, 3.63) is 17.5 Å². The fourth-order valence-electron chi connectivity index (χ4n) is 1.83. The lowest BCUT2D eigenvalue weighted by Crippen LogP contribution is -2.32. The molecule has 1 aromatic heterocycles. The predicted molar refractivity (Wildman–Crippen MR) is 69.0 cm³/mol. The molecule has 4 nitrogen and oxygen atoms in total. The van der Waals surface area contributed by atoms with E-state index in [4.69, 9.17) is 0 Å². The second-order valence-corrected chi connectivity index (χ2v) is 4.63. The van der Waals surface area contributed by atoms with Crippen LogP contribution in [0.3, 0.4) is 0 Å². The van der Waals surface area contributed by atoms with Gasteiger partial charge in [-0.2, -0.15) is 5.10 Å². The predicted octanol–water partition coefficient (Wildman–Crippen LogP) is 2.81. The molecule has 0 aromatic carbocycles. The van der Waals surface area contributed by atoms with E-state index in [-0.39, 0.29) is 11.9 Å². The Bertz CT molecular complexity index is 346. The summed E-state index contributed by atoms with van der Waals surface area (Å²) >= 11 is 0. The van der Waals surface area contributed by atoms with Gasteiger partial charge in [0.1, 0.15) is 0 Å². The molecule has 1 rings (SSSR count). The van der Waals surface area contributed by atoms with Crippen LogP contribution in [0.2, 0.25) is 0 Å². The number of carbonyl (C=O) groups excluding carboxylic acids is 1. The largest absolute Gasteiger partial charge is 0.349 e. The highest BCUT2D eigenvalue weighted by Crippen LogP contribution is 2.07. The Hall–Kier alpha value is -1.32. The standard InChI is InChI=1S/C13H23N3O/c1-4-5-6-7-8-10(2)15-13(17)12-9-14-16-11(12)3/h9-10H,4-8H2,1-3H3,(H,14,16)(H,15,17). The lowest BCUT2D eigenvalue weighted by atomic mass is 10.1. The van der Waals surface area contributed by atoms with Crippen LogP contribution in [0, 0.1) is 6.92 Å². The van der Waals surface area contributed by atoms with Gasteiger partial charge in [-0.1, -0.05) is 32.6 Å². The molecule has 0 aliphatic heterocycles. The number of nitrogens with zero attached hydrogens (tertiary/aromatic N) is 1. The van der Waals surface area contributed by atoms with E-state index in [1.165, 1.54) is 25.7 Å². The second kappa shape index (κ2) is 7.09. The third-order valence-corrected chi connectivity index (χ3v) is 2.94. The number of hydrogen-bond donors (Lipinski definition) is 2. The highest BCUT2D eigenvalue weighted by molar-refractivity contribution is 5.95. The lowest BCUT2D eigenvalue weighted by molar-refractivity contribution is 0.0937.